The number of benzene rings is 1. The Balaban J connectivity index is 1.97. The van der Waals surface area contributed by atoms with Crippen LogP contribution in [0, 0.1) is 5.92 Å². The summed E-state index contributed by atoms with van der Waals surface area (Å²) in [6.07, 6.45) is 1.33. The fraction of sp³-hybridized carbons (Fsp3) is 0.500. The maximum absolute atomic E-state index is 12.7. The summed E-state index contributed by atoms with van der Waals surface area (Å²) in [5, 5.41) is 11.8. The van der Waals surface area contributed by atoms with E-state index in [4.69, 9.17) is 9.84 Å². The lowest BCUT2D eigenvalue weighted by molar-refractivity contribution is -0.147. The molecule has 0 aliphatic carbocycles. The smallest absolute Gasteiger partial charge is 0.323 e. The third kappa shape index (κ3) is 5.73. The van der Waals surface area contributed by atoms with Crippen LogP contribution in [0.5, 0.6) is 0 Å². The lowest BCUT2D eigenvalue weighted by Gasteiger charge is -2.34. The highest BCUT2D eigenvalue weighted by molar-refractivity contribution is 5.90. The summed E-state index contributed by atoms with van der Waals surface area (Å²) in [4.78, 5) is 39.1. The number of hydrogen-bond donors (Lipinski definition) is 2. The molecule has 26 heavy (non-hydrogen) atoms. The van der Waals surface area contributed by atoms with Gasteiger partial charge in [-0.15, -0.1) is 0 Å². The highest BCUT2D eigenvalue weighted by Gasteiger charge is 2.32. The van der Waals surface area contributed by atoms with Crippen molar-refractivity contribution in [2.75, 3.05) is 45.2 Å². The first-order valence-electron chi connectivity index (χ1n) is 8.61. The van der Waals surface area contributed by atoms with Gasteiger partial charge in [-0.1, -0.05) is 18.2 Å². The van der Waals surface area contributed by atoms with Crippen LogP contribution in [-0.4, -0.2) is 72.7 Å². The molecule has 2 rings (SSSR count). The summed E-state index contributed by atoms with van der Waals surface area (Å²) in [7, 11) is 1.50. The molecule has 0 saturated carbocycles. The van der Waals surface area contributed by atoms with Gasteiger partial charge in [-0.25, -0.2) is 4.79 Å². The second-order valence-electron chi connectivity index (χ2n) is 6.23. The fourth-order valence-corrected chi connectivity index (χ4v) is 2.98. The number of para-hydroxylation sites is 1. The number of likely N-dealkylation sites (tertiary alicyclic amines) is 1. The number of piperidine rings is 1. The van der Waals surface area contributed by atoms with E-state index in [-0.39, 0.29) is 38.2 Å². The lowest BCUT2D eigenvalue weighted by Crippen LogP contribution is -2.49. The third-order valence-electron chi connectivity index (χ3n) is 4.29. The minimum atomic E-state index is -1.07. The number of carbonyl (C=O) groups excluding carboxylic acids is 2. The first kappa shape index (κ1) is 19.7. The zero-order chi connectivity index (χ0) is 18.9. The molecule has 0 radical (unpaired) electrons. The third-order valence-corrected chi connectivity index (χ3v) is 4.29. The second kappa shape index (κ2) is 9.76. The van der Waals surface area contributed by atoms with Crippen molar-refractivity contribution in [3.8, 4) is 0 Å². The molecule has 1 saturated heterocycles. The van der Waals surface area contributed by atoms with Gasteiger partial charge < -0.3 is 25.0 Å². The highest BCUT2D eigenvalue weighted by Crippen LogP contribution is 2.20. The van der Waals surface area contributed by atoms with E-state index in [1.807, 2.05) is 18.2 Å². The van der Waals surface area contributed by atoms with Gasteiger partial charge in [0.1, 0.15) is 6.54 Å². The Morgan fingerprint density at radius 3 is 2.69 bits per heavy atom. The van der Waals surface area contributed by atoms with Crippen LogP contribution in [0.25, 0.3) is 0 Å². The summed E-state index contributed by atoms with van der Waals surface area (Å²) >= 11 is 0. The van der Waals surface area contributed by atoms with Crippen LogP contribution >= 0.6 is 0 Å². The SMILES string of the molecule is COCCN(CC(=O)O)C(=O)C1CCCN(C(=O)Nc2ccccc2)C1. The summed E-state index contributed by atoms with van der Waals surface area (Å²) in [5.41, 5.74) is 0.693. The Bertz CT molecular complexity index is 623. The van der Waals surface area contributed by atoms with Crippen LogP contribution in [0.15, 0.2) is 30.3 Å². The van der Waals surface area contributed by atoms with Gasteiger partial charge in [0.2, 0.25) is 5.91 Å². The predicted molar refractivity (Wildman–Crippen MR) is 95.8 cm³/mol. The maximum Gasteiger partial charge on any atom is 0.323 e. The minimum Gasteiger partial charge on any atom is -0.480 e. The largest absolute Gasteiger partial charge is 0.480 e. The second-order valence-corrected chi connectivity index (χ2v) is 6.23. The molecular weight excluding hydrogens is 338 g/mol. The number of nitrogens with zero attached hydrogens (tertiary/aromatic N) is 2. The van der Waals surface area contributed by atoms with E-state index in [1.165, 1.54) is 12.0 Å². The van der Waals surface area contributed by atoms with E-state index in [0.29, 0.717) is 25.1 Å². The van der Waals surface area contributed by atoms with Gasteiger partial charge in [0, 0.05) is 32.4 Å². The standard InChI is InChI=1S/C18H25N3O5/c1-26-11-10-20(13-16(22)23)17(24)14-6-5-9-21(12-14)18(25)19-15-7-3-2-4-8-15/h2-4,7-8,14H,5-6,9-13H2,1H3,(H,19,25)(H,22,23). The van der Waals surface area contributed by atoms with Crippen LogP contribution in [-0.2, 0) is 14.3 Å². The molecule has 3 amide bonds. The van der Waals surface area contributed by atoms with E-state index in [9.17, 15) is 14.4 Å². The molecule has 0 spiro atoms. The van der Waals surface area contributed by atoms with E-state index < -0.39 is 11.9 Å². The van der Waals surface area contributed by atoms with Gasteiger partial charge in [-0.05, 0) is 25.0 Å². The van der Waals surface area contributed by atoms with Crippen molar-refractivity contribution >= 4 is 23.6 Å². The molecule has 1 aliphatic rings. The molecule has 1 heterocycles. The molecule has 1 unspecified atom stereocenters. The molecule has 1 aliphatic heterocycles. The van der Waals surface area contributed by atoms with Gasteiger partial charge in [0.25, 0.3) is 0 Å². The number of rotatable bonds is 7. The number of hydrogen-bond acceptors (Lipinski definition) is 4. The van der Waals surface area contributed by atoms with Crippen molar-refractivity contribution in [3.05, 3.63) is 30.3 Å². The Labute approximate surface area is 152 Å². The van der Waals surface area contributed by atoms with E-state index in [0.717, 1.165) is 0 Å². The quantitative estimate of drug-likeness (QED) is 0.765. The van der Waals surface area contributed by atoms with Gasteiger partial charge in [-0.3, -0.25) is 9.59 Å². The van der Waals surface area contributed by atoms with Crippen LogP contribution in [0.3, 0.4) is 0 Å². The maximum atomic E-state index is 12.7. The number of aliphatic carboxylic acids is 1. The topological polar surface area (TPSA) is 99.2 Å². The average molecular weight is 363 g/mol. The van der Waals surface area contributed by atoms with Crippen molar-refractivity contribution in [2.45, 2.75) is 12.8 Å². The Morgan fingerprint density at radius 2 is 2.04 bits per heavy atom. The minimum absolute atomic E-state index is 0.217. The van der Waals surface area contributed by atoms with Crippen LogP contribution in [0.1, 0.15) is 12.8 Å². The van der Waals surface area contributed by atoms with Crippen LogP contribution < -0.4 is 5.32 Å². The van der Waals surface area contributed by atoms with Gasteiger partial charge in [-0.2, -0.15) is 0 Å². The van der Waals surface area contributed by atoms with Crippen molar-refractivity contribution < 1.29 is 24.2 Å². The zero-order valence-corrected chi connectivity index (χ0v) is 14.9. The van der Waals surface area contributed by atoms with E-state index in [2.05, 4.69) is 5.32 Å². The van der Waals surface area contributed by atoms with Crippen molar-refractivity contribution in [1.82, 2.24) is 9.80 Å². The van der Waals surface area contributed by atoms with Gasteiger partial charge in [0.15, 0.2) is 0 Å². The van der Waals surface area contributed by atoms with Gasteiger partial charge >= 0.3 is 12.0 Å². The molecule has 8 heteroatoms. The molecule has 1 fully saturated rings. The number of carboxylic acid groups (broad SMARTS) is 1. The van der Waals surface area contributed by atoms with Crippen molar-refractivity contribution in [1.29, 1.82) is 0 Å². The molecule has 8 nitrogen and oxygen atoms in total. The molecule has 2 N–H and O–H groups in total. The number of methoxy groups -OCH3 is 1. The monoisotopic (exact) mass is 363 g/mol. The molecule has 1 aromatic rings. The number of carbonyl (C=O) groups is 3. The number of amides is 3. The van der Waals surface area contributed by atoms with Crippen LogP contribution in [0.2, 0.25) is 0 Å². The number of nitrogens with one attached hydrogen (secondary N) is 1. The highest BCUT2D eigenvalue weighted by atomic mass is 16.5. The fourth-order valence-electron chi connectivity index (χ4n) is 2.98. The van der Waals surface area contributed by atoms with Crippen molar-refractivity contribution in [2.24, 2.45) is 5.92 Å². The van der Waals surface area contributed by atoms with E-state index >= 15 is 0 Å². The van der Waals surface area contributed by atoms with Crippen molar-refractivity contribution in [3.63, 3.8) is 0 Å². The number of carboxylic acids is 1. The summed E-state index contributed by atoms with van der Waals surface area (Å²) < 4.78 is 4.96. The first-order chi connectivity index (χ1) is 12.5. The number of urea groups is 1. The molecule has 0 aromatic heterocycles. The normalized spacial score (nSPS) is 16.8. The average Bonchev–Trinajstić information content (AvgIpc) is 2.65. The number of ether oxygens (including phenoxy) is 1. The Hall–Kier alpha value is -2.61. The zero-order valence-electron chi connectivity index (χ0n) is 14.9. The van der Waals surface area contributed by atoms with Gasteiger partial charge in [0.05, 0.1) is 12.5 Å². The lowest BCUT2D eigenvalue weighted by atomic mass is 9.96. The summed E-state index contributed by atoms with van der Waals surface area (Å²) in [5.74, 6) is -1.72. The van der Waals surface area contributed by atoms with E-state index in [1.54, 1.807) is 17.0 Å². The summed E-state index contributed by atoms with van der Waals surface area (Å²) in [6.45, 7) is 0.966. The van der Waals surface area contributed by atoms with Crippen LogP contribution in [0.4, 0.5) is 10.5 Å². The number of anilines is 1. The molecular formula is C18H25N3O5. The first-order valence-corrected chi connectivity index (χ1v) is 8.61. The summed E-state index contributed by atoms with van der Waals surface area (Å²) in [6, 6.07) is 8.86. The molecule has 0 bridgehead atoms. The molecule has 1 aromatic carbocycles. The molecule has 142 valence electrons. The Morgan fingerprint density at radius 1 is 1.31 bits per heavy atom. The Kier molecular flexibility index (Phi) is 7.40. The molecule has 1 atom stereocenters. The predicted octanol–water partition coefficient (Wildman–Crippen LogP) is 1.49.